The third-order valence-electron chi connectivity index (χ3n) is 3.61. The van der Waals surface area contributed by atoms with E-state index in [1.54, 1.807) is 12.1 Å². The number of aromatic nitrogens is 2. The molecule has 23 heavy (non-hydrogen) atoms. The predicted molar refractivity (Wildman–Crippen MR) is 91.8 cm³/mol. The SMILES string of the molecule is CC(C)Cc1nc(NCc2ccc(F)cc2)c2ccccc2n1. The van der Waals surface area contributed by atoms with Crippen molar-refractivity contribution >= 4 is 16.7 Å². The molecule has 1 aromatic heterocycles. The molecule has 3 rings (SSSR count). The fourth-order valence-electron chi connectivity index (χ4n) is 2.50. The summed E-state index contributed by atoms with van der Waals surface area (Å²) in [6, 6.07) is 14.5. The highest BCUT2D eigenvalue weighted by Gasteiger charge is 2.08. The topological polar surface area (TPSA) is 37.8 Å². The van der Waals surface area contributed by atoms with Gasteiger partial charge in [0.25, 0.3) is 0 Å². The molecule has 3 nitrogen and oxygen atoms in total. The van der Waals surface area contributed by atoms with Gasteiger partial charge < -0.3 is 5.32 Å². The molecule has 1 N–H and O–H groups in total. The first-order chi connectivity index (χ1) is 11.1. The first kappa shape index (κ1) is 15.4. The summed E-state index contributed by atoms with van der Waals surface area (Å²) in [5.74, 6) is 1.96. The maximum atomic E-state index is 13.0. The fourth-order valence-corrected chi connectivity index (χ4v) is 2.50. The molecule has 0 amide bonds. The Bertz CT molecular complexity index is 797. The first-order valence-electron chi connectivity index (χ1n) is 7.86. The van der Waals surface area contributed by atoms with E-state index < -0.39 is 0 Å². The number of anilines is 1. The second-order valence-electron chi connectivity index (χ2n) is 6.08. The number of benzene rings is 2. The number of halogens is 1. The van der Waals surface area contributed by atoms with Crippen LogP contribution in [0.15, 0.2) is 48.5 Å². The van der Waals surface area contributed by atoms with Gasteiger partial charge in [0.05, 0.1) is 5.52 Å². The number of hydrogen-bond donors (Lipinski definition) is 1. The van der Waals surface area contributed by atoms with Gasteiger partial charge in [-0.1, -0.05) is 38.1 Å². The lowest BCUT2D eigenvalue weighted by Gasteiger charge is -2.12. The Hall–Kier alpha value is -2.49. The van der Waals surface area contributed by atoms with E-state index in [4.69, 9.17) is 0 Å². The molecule has 1 heterocycles. The van der Waals surface area contributed by atoms with Crippen LogP contribution in [-0.2, 0) is 13.0 Å². The molecule has 0 aliphatic rings. The molecule has 118 valence electrons. The smallest absolute Gasteiger partial charge is 0.137 e. The molecule has 0 bridgehead atoms. The highest BCUT2D eigenvalue weighted by atomic mass is 19.1. The van der Waals surface area contributed by atoms with Crippen LogP contribution in [0.4, 0.5) is 10.2 Å². The zero-order valence-electron chi connectivity index (χ0n) is 13.4. The van der Waals surface area contributed by atoms with Crippen LogP contribution in [0.1, 0.15) is 25.2 Å². The molecule has 0 spiro atoms. The van der Waals surface area contributed by atoms with Crippen molar-refractivity contribution in [3.05, 3.63) is 65.7 Å². The lowest BCUT2D eigenvalue weighted by atomic mass is 10.1. The van der Waals surface area contributed by atoms with E-state index in [1.807, 2.05) is 24.3 Å². The van der Waals surface area contributed by atoms with Crippen LogP contribution in [-0.4, -0.2) is 9.97 Å². The summed E-state index contributed by atoms with van der Waals surface area (Å²) in [5, 5.41) is 4.37. The molecule has 2 aromatic carbocycles. The number of nitrogens with one attached hydrogen (secondary N) is 1. The van der Waals surface area contributed by atoms with E-state index in [-0.39, 0.29) is 5.82 Å². The monoisotopic (exact) mass is 309 g/mol. The number of hydrogen-bond acceptors (Lipinski definition) is 3. The quantitative estimate of drug-likeness (QED) is 0.749. The molecule has 0 aliphatic carbocycles. The number of fused-ring (bicyclic) bond motifs is 1. The highest BCUT2D eigenvalue weighted by molar-refractivity contribution is 5.88. The van der Waals surface area contributed by atoms with Crippen LogP contribution in [0.5, 0.6) is 0 Å². The van der Waals surface area contributed by atoms with Gasteiger partial charge in [-0.3, -0.25) is 0 Å². The Balaban J connectivity index is 1.89. The van der Waals surface area contributed by atoms with E-state index in [1.165, 1.54) is 12.1 Å². The highest BCUT2D eigenvalue weighted by Crippen LogP contribution is 2.21. The van der Waals surface area contributed by atoms with Crippen LogP contribution in [0.3, 0.4) is 0 Å². The molecule has 0 saturated carbocycles. The molecule has 0 unspecified atom stereocenters. The van der Waals surface area contributed by atoms with Gasteiger partial charge in [-0.25, -0.2) is 14.4 Å². The molecular weight excluding hydrogens is 289 g/mol. The predicted octanol–water partition coefficient (Wildman–Crippen LogP) is 4.58. The second kappa shape index (κ2) is 6.73. The minimum Gasteiger partial charge on any atom is -0.365 e. The van der Waals surface area contributed by atoms with Crippen molar-refractivity contribution < 1.29 is 4.39 Å². The van der Waals surface area contributed by atoms with Crippen molar-refractivity contribution in [2.24, 2.45) is 5.92 Å². The summed E-state index contributed by atoms with van der Waals surface area (Å²) in [7, 11) is 0. The van der Waals surface area contributed by atoms with Gasteiger partial charge in [-0.15, -0.1) is 0 Å². The van der Waals surface area contributed by atoms with Crippen LogP contribution >= 0.6 is 0 Å². The van der Waals surface area contributed by atoms with Crippen LogP contribution in [0.2, 0.25) is 0 Å². The summed E-state index contributed by atoms with van der Waals surface area (Å²) in [6.45, 7) is 4.91. The Morgan fingerprint density at radius 3 is 2.48 bits per heavy atom. The molecule has 0 atom stereocenters. The third-order valence-corrected chi connectivity index (χ3v) is 3.61. The van der Waals surface area contributed by atoms with Gasteiger partial charge >= 0.3 is 0 Å². The van der Waals surface area contributed by atoms with Crippen molar-refractivity contribution in [2.45, 2.75) is 26.8 Å². The van der Waals surface area contributed by atoms with Crippen molar-refractivity contribution in [1.29, 1.82) is 0 Å². The van der Waals surface area contributed by atoms with E-state index >= 15 is 0 Å². The van der Waals surface area contributed by atoms with Gasteiger partial charge in [0, 0.05) is 18.4 Å². The molecule has 3 aromatic rings. The minimum absolute atomic E-state index is 0.222. The lowest BCUT2D eigenvalue weighted by Crippen LogP contribution is -2.07. The first-order valence-corrected chi connectivity index (χ1v) is 7.86. The average molecular weight is 309 g/mol. The Labute approximate surface area is 135 Å². The Morgan fingerprint density at radius 1 is 1.00 bits per heavy atom. The number of para-hydroxylation sites is 1. The maximum absolute atomic E-state index is 13.0. The largest absolute Gasteiger partial charge is 0.365 e. The van der Waals surface area contributed by atoms with Gasteiger partial charge in [0.15, 0.2) is 0 Å². The molecule has 0 fully saturated rings. The van der Waals surface area contributed by atoms with Crippen molar-refractivity contribution in [3.8, 4) is 0 Å². The molecule has 0 radical (unpaired) electrons. The second-order valence-corrected chi connectivity index (χ2v) is 6.08. The van der Waals surface area contributed by atoms with E-state index in [0.29, 0.717) is 12.5 Å². The van der Waals surface area contributed by atoms with Crippen LogP contribution < -0.4 is 5.32 Å². The van der Waals surface area contributed by atoms with Crippen molar-refractivity contribution in [2.75, 3.05) is 5.32 Å². The summed E-state index contributed by atoms with van der Waals surface area (Å²) in [6.07, 6.45) is 0.843. The van der Waals surface area contributed by atoms with Gasteiger partial charge in [-0.05, 0) is 35.7 Å². The number of rotatable bonds is 5. The average Bonchev–Trinajstić information content (AvgIpc) is 2.53. The van der Waals surface area contributed by atoms with Gasteiger partial charge in [0.1, 0.15) is 17.5 Å². The third kappa shape index (κ3) is 3.83. The zero-order chi connectivity index (χ0) is 16.2. The van der Waals surface area contributed by atoms with Crippen LogP contribution in [0, 0.1) is 11.7 Å². The molecule has 0 aliphatic heterocycles. The summed E-state index contributed by atoms with van der Waals surface area (Å²) >= 11 is 0. The van der Waals surface area contributed by atoms with Crippen LogP contribution in [0.25, 0.3) is 10.9 Å². The normalized spacial score (nSPS) is 11.1. The summed E-state index contributed by atoms with van der Waals surface area (Å²) in [4.78, 5) is 9.32. The van der Waals surface area contributed by atoms with Gasteiger partial charge in [-0.2, -0.15) is 0 Å². The standard InChI is InChI=1S/C19H20FN3/c1-13(2)11-18-22-17-6-4-3-5-16(17)19(23-18)21-12-14-7-9-15(20)10-8-14/h3-10,13H,11-12H2,1-2H3,(H,21,22,23). The Morgan fingerprint density at radius 2 is 1.74 bits per heavy atom. The van der Waals surface area contributed by atoms with Gasteiger partial charge in [0.2, 0.25) is 0 Å². The van der Waals surface area contributed by atoms with Crippen molar-refractivity contribution in [1.82, 2.24) is 9.97 Å². The fraction of sp³-hybridized carbons (Fsp3) is 0.263. The van der Waals surface area contributed by atoms with E-state index in [0.717, 1.165) is 34.5 Å². The lowest BCUT2D eigenvalue weighted by molar-refractivity contribution is 0.623. The Kier molecular flexibility index (Phi) is 4.51. The molecular formula is C19H20FN3. The minimum atomic E-state index is -0.222. The number of nitrogens with zero attached hydrogens (tertiary/aromatic N) is 2. The molecule has 4 heteroatoms. The zero-order valence-corrected chi connectivity index (χ0v) is 13.4. The van der Waals surface area contributed by atoms with E-state index in [2.05, 4.69) is 29.1 Å². The maximum Gasteiger partial charge on any atom is 0.137 e. The summed E-state index contributed by atoms with van der Waals surface area (Å²) in [5.41, 5.74) is 1.96. The summed E-state index contributed by atoms with van der Waals surface area (Å²) < 4.78 is 13.0. The van der Waals surface area contributed by atoms with Crippen molar-refractivity contribution in [3.63, 3.8) is 0 Å². The molecule has 0 saturated heterocycles. The van der Waals surface area contributed by atoms with E-state index in [9.17, 15) is 4.39 Å².